The van der Waals surface area contributed by atoms with Crippen LogP contribution < -0.4 is 0 Å². The predicted octanol–water partition coefficient (Wildman–Crippen LogP) is 3.22. The molecule has 0 saturated carbocycles. The zero-order valence-corrected chi connectivity index (χ0v) is 10.8. The Morgan fingerprint density at radius 2 is 1.68 bits per heavy atom. The summed E-state index contributed by atoms with van der Waals surface area (Å²) >= 11 is 0. The summed E-state index contributed by atoms with van der Waals surface area (Å²) in [5, 5.41) is 0. The van der Waals surface area contributed by atoms with Gasteiger partial charge in [0.15, 0.2) is 11.6 Å². The molecule has 0 spiro atoms. The van der Waals surface area contributed by atoms with Crippen LogP contribution in [-0.2, 0) is 12.8 Å². The molecule has 0 amide bonds. The van der Waals surface area contributed by atoms with Crippen LogP contribution >= 0.6 is 0 Å². The van der Waals surface area contributed by atoms with Crippen molar-refractivity contribution in [2.24, 2.45) is 0 Å². The standard InChI is InChI=1S/C17H14O2/c1-11(18)13-7-4-8-16-15(13)10-9-12-5-2-3-6-14(12)17(16)19/h2-8H,9-10H2,1H3. The van der Waals surface area contributed by atoms with E-state index in [2.05, 4.69) is 0 Å². The Balaban J connectivity index is 2.23. The molecule has 0 N–H and O–H groups in total. The van der Waals surface area contributed by atoms with Crippen LogP contribution in [0.2, 0.25) is 0 Å². The van der Waals surface area contributed by atoms with Gasteiger partial charge in [0, 0.05) is 16.7 Å². The van der Waals surface area contributed by atoms with Gasteiger partial charge in [-0.25, -0.2) is 0 Å². The Hall–Kier alpha value is -2.22. The number of benzene rings is 2. The van der Waals surface area contributed by atoms with Gasteiger partial charge in [-0.05, 0) is 30.9 Å². The molecule has 0 saturated heterocycles. The van der Waals surface area contributed by atoms with Crippen LogP contribution in [0, 0.1) is 0 Å². The zero-order chi connectivity index (χ0) is 13.4. The number of hydrogen-bond acceptors (Lipinski definition) is 2. The Bertz CT molecular complexity index is 683. The van der Waals surface area contributed by atoms with E-state index in [1.807, 2.05) is 36.4 Å². The van der Waals surface area contributed by atoms with Gasteiger partial charge in [-0.15, -0.1) is 0 Å². The average molecular weight is 250 g/mol. The Labute approximate surface area is 112 Å². The lowest BCUT2D eigenvalue weighted by atomic mass is 9.94. The summed E-state index contributed by atoms with van der Waals surface area (Å²) in [6, 6.07) is 13.1. The number of aryl methyl sites for hydroxylation is 1. The zero-order valence-electron chi connectivity index (χ0n) is 10.8. The second-order valence-electron chi connectivity index (χ2n) is 4.87. The summed E-state index contributed by atoms with van der Waals surface area (Å²) in [7, 11) is 0. The summed E-state index contributed by atoms with van der Waals surface area (Å²) in [4.78, 5) is 24.3. The van der Waals surface area contributed by atoms with Crippen LogP contribution in [0.5, 0.6) is 0 Å². The fraction of sp³-hybridized carbons (Fsp3) is 0.176. The van der Waals surface area contributed by atoms with E-state index in [0.29, 0.717) is 11.1 Å². The van der Waals surface area contributed by atoms with Gasteiger partial charge in [0.05, 0.1) is 0 Å². The highest BCUT2D eigenvalue weighted by Crippen LogP contribution is 2.26. The van der Waals surface area contributed by atoms with Gasteiger partial charge >= 0.3 is 0 Å². The number of ketones is 2. The topological polar surface area (TPSA) is 34.1 Å². The molecule has 1 aliphatic rings. The monoisotopic (exact) mass is 250 g/mol. The molecule has 0 unspecified atom stereocenters. The van der Waals surface area contributed by atoms with Gasteiger partial charge in [-0.2, -0.15) is 0 Å². The lowest BCUT2D eigenvalue weighted by Gasteiger charge is -2.08. The molecule has 3 rings (SSSR count). The Kier molecular flexibility index (Phi) is 2.79. The number of fused-ring (bicyclic) bond motifs is 2. The number of Topliss-reactive ketones (excluding diaryl/α,β-unsaturated/α-hetero) is 1. The van der Waals surface area contributed by atoms with Gasteiger partial charge in [-0.3, -0.25) is 9.59 Å². The Morgan fingerprint density at radius 1 is 0.947 bits per heavy atom. The maximum Gasteiger partial charge on any atom is 0.193 e. The molecule has 19 heavy (non-hydrogen) atoms. The number of carbonyl (C=O) groups is 2. The normalized spacial score (nSPS) is 13.4. The molecule has 0 aliphatic heterocycles. The summed E-state index contributed by atoms with van der Waals surface area (Å²) in [6.45, 7) is 1.55. The van der Waals surface area contributed by atoms with Gasteiger partial charge in [-0.1, -0.05) is 42.5 Å². The average Bonchev–Trinajstić information content (AvgIpc) is 2.57. The number of rotatable bonds is 1. The molecule has 2 aromatic rings. The van der Waals surface area contributed by atoms with Crippen molar-refractivity contribution in [2.45, 2.75) is 19.8 Å². The third kappa shape index (κ3) is 1.89. The molecule has 2 aromatic carbocycles. The molecule has 0 bridgehead atoms. The lowest BCUT2D eigenvalue weighted by molar-refractivity contribution is 0.101. The first-order valence-corrected chi connectivity index (χ1v) is 6.44. The second kappa shape index (κ2) is 4.47. The van der Waals surface area contributed by atoms with E-state index in [0.717, 1.165) is 29.5 Å². The maximum absolute atomic E-state index is 12.6. The van der Waals surface area contributed by atoms with Crippen molar-refractivity contribution in [1.29, 1.82) is 0 Å². The van der Waals surface area contributed by atoms with Crippen LogP contribution in [0.1, 0.15) is 44.3 Å². The fourth-order valence-corrected chi connectivity index (χ4v) is 2.76. The van der Waals surface area contributed by atoms with E-state index in [4.69, 9.17) is 0 Å². The van der Waals surface area contributed by atoms with E-state index in [1.54, 1.807) is 13.0 Å². The largest absolute Gasteiger partial charge is 0.295 e. The molecule has 2 nitrogen and oxygen atoms in total. The van der Waals surface area contributed by atoms with Crippen molar-refractivity contribution in [2.75, 3.05) is 0 Å². The Morgan fingerprint density at radius 3 is 2.47 bits per heavy atom. The first-order chi connectivity index (χ1) is 9.18. The van der Waals surface area contributed by atoms with Crippen molar-refractivity contribution in [3.8, 4) is 0 Å². The molecular weight excluding hydrogens is 236 g/mol. The van der Waals surface area contributed by atoms with E-state index in [9.17, 15) is 9.59 Å². The minimum absolute atomic E-state index is 0.0237. The summed E-state index contributed by atoms with van der Waals surface area (Å²) in [5.74, 6) is 0.0572. The molecule has 0 aromatic heterocycles. The molecule has 1 aliphatic carbocycles. The van der Waals surface area contributed by atoms with Crippen LogP contribution in [0.25, 0.3) is 0 Å². The number of carbonyl (C=O) groups excluding carboxylic acids is 2. The van der Waals surface area contributed by atoms with E-state index in [1.165, 1.54) is 0 Å². The molecular formula is C17H14O2. The third-order valence-corrected chi connectivity index (χ3v) is 3.71. The minimum Gasteiger partial charge on any atom is -0.295 e. The second-order valence-corrected chi connectivity index (χ2v) is 4.87. The molecule has 94 valence electrons. The van der Waals surface area contributed by atoms with E-state index >= 15 is 0 Å². The third-order valence-electron chi connectivity index (χ3n) is 3.71. The lowest BCUT2D eigenvalue weighted by Crippen LogP contribution is -2.07. The predicted molar refractivity (Wildman–Crippen MR) is 73.7 cm³/mol. The summed E-state index contributed by atoms with van der Waals surface area (Å²) < 4.78 is 0. The van der Waals surface area contributed by atoms with Gasteiger partial charge < -0.3 is 0 Å². The van der Waals surface area contributed by atoms with Crippen molar-refractivity contribution in [3.63, 3.8) is 0 Å². The highest BCUT2D eigenvalue weighted by Gasteiger charge is 2.23. The maximum atomic E-state index is 12.6. The first kappa shape index (κ1) is 11.8. The van der Waals surface area contributed by atoms with E-state index in [-0.39, 0.29) is 11.6 Å². The van der Waals surface area contributed by atoms with Crippen molar-refractivity contribution in [1.82, 2.24) is 0 Å². The van der Waals surface area contributed by atoms with Gasteiger partial charge in [0.2, 0.25) is 0 Å². The van der Waals surface area contributed by atoms with Gasteiger partial charge in [0.25, 0.3) is 0 Å². The van der Waals surface area contributed by atoms with Crippen molar-refractivity contribution in [3.05, 3.63) is 70.3 Å². The highest BCUT2D eigenvalue weighted by atomic mass is 16.1. The van der Waals surface area contributed by atoms with Crippen LogP contribution in [0.15, 0.2) is 42.5 Å². The molecule has 2 heteroatoms. The molecule has 0 atom stereocenters. The quantitative estimate of drug-likeness (QED) is 0.728. The molecule has 0 fully saturated rings. The summed E-state index contributed by atoms with van der Waals surface area (Å²) in [5.41, 5.74) is 4.09. The highest BCUT2D eigenvalue weighted by molar-refractivity contribution is 6.13. The smallest absolute Gasteiger partial charge is 0.193 e. The van der Waals surface area contributed by atoms with E-state index < -0.39 is 0 Å². The number of hydrogen-bond donors (Lipinski definition) is 0. The van der Waals surface area contributed by atoms with Crippen LogP contribution in [-0.4, -0.2) is 11.6 Å². The van der Waals surface area contributed by atoms with Gasteiger partial charge in [0.1, 0.15) is 0 Å². The van der Waals surface area contributed by atoms with Crippen molar-refractivity contribution < 1.29 is 9.59 Å². The van der Waals surface area contributed by atoms with Crippen LogP contribution in [0.4, 0.5) is 0 Å². The molecule has 0 radical (unpaired) electrons. The summed E-state index contributed by atoms with van der Waals surface area (Å²) in [6.07, 6.45) is 1.55. The minimum atomic E-state index is 0.0237. The first-order valence-electron chi connectivity index (χ1n) is 6.44. The molecule has 0 heterocycles. The van der Waals surface area contributed by atoms with Crippen molar-refractivity contribution >= 4 is 11.6 Å². The fourth-order valence-electron chi connectivity index (χ4n) is 2.76. The van der Waals surface area contributed by atoms with Crippen LogP contribution in [0.3, 0.4) is 0 Å². The SMILES string of the molecule is CC(=O)c1cccc2c1CCc1ccccc1C2=O.